The Morgan fingerprint density at radius 2 is 2.05 bits per heavy atom. The molecular formula is C18H16N2O. The van der Waals surface area contributed by atoms with E-state index in [1.54, 1.807) is 0 Å². The van der Waals surface area contributed by atoms with E-state index in [1.807, 2.05) is 12.1 Å². The van der Waals surface area contributed by atoms with Crippen LogP contribution in [0, 0.1) is 0 Å². The van der Waals surface area contributed by atoms with Gasteiger partial charge in [0.2, 0.25) is 0 Å². The summed E-state index contributed by atoms with van der Waals surface area (Å²) in [6, 6.07) is 10.9. The van der Waals surface area contributed by atoms with E-state index < -0.39 is 0 Å². The van der Waals surface area contributed by atoms with E-state index in [0.717, 1.165) is 30.3 Å². The van der Waals surface area contributed by atoms with E-state index in [9.17, 15) is 4.79 Å². The molecule has 0 amide bonds. The molecule has 1 atom stereocenters. The highest BCUT2D eigenvalue weighted by molar-refractivity contribution is 6.10. The summed E-state index contributed by atoms with van der Waals surface area (Å²) >= 11 is 0. The zero-order valence-corrected chi connectivity index (χ0v) is 11.9. The van der Waals surface area contributed by atoms with E-state index in [4.69, 9.17) is 0 Å². The van der Waals surface area contributed by atoms with Gasteiger partial charge >= 0.3 is 0 Å². The SMILES string of the molecule is CN1CCc2ccc3[nH]c(=O)c4cccc5c4c3c2[C@H]1C5. The standard InChI is InChI=1S/C18H16N2O/c1-20-8-7-10-5-6-13-17-15-11(9-14(20)16(10)17)3-2-4-12(15)18(21)19-13/h2-6,14H,7-9H2,1H3,(H,19,21)/t14-/m1/s1. The molecule has 0 fully saturated rings. The molecule has 2 heterocycles. The topological polar surface area (TPSA) is 36.1 Å². The molecule has 0 radical (unpaired) electrons. The second-order valence-electron chi connectivity index (χ2n) is 6.31. The Bertz CT molecular complexity index is 970. The summed E-state index contributed by atoms with van der Waals surface area (Å²) in [5, 5.41) is 3.29. The average molecular weight is 276 g/mol. The fraction of sp³-hybridized carbons (Fsp3) is 0.278. The monoisotopic (exact) mass is 276 g/mol. The van der Waals surface area contributed by atoms with Gasteiger partial charge in [-0.25, -0.2) is 0 Å². The lowest BCUT2D eigenvalue weighted by Crippen LogP contribution is -2.35. The minimum atomic E-state index is 0.0296. The van der Waals surface area contributed by atoms with Crippen molar-refractivity contribution in [2.75, 3.05) is 13.6 Å². The summed E-state index contributed by atoms with van der Waals surface area (Å²) in [7, 11) is 2.21. The smallest absolute Gasteiger partial charge is 0.256 e. The number of aromatic amines is 1. The first-order valence-corrected chi connectivity index (χ1v) is 7.53. The van der Waals surface area contributed by atoms with Gasteiger partial charge in [0.1, 0.15) is 0 Å². The summed E-state index contributed by atoms with van der Waals surface area (Å²) in [4.78, 5) is 17.9. The van der Waals surface area contributed by atoms with Crippen molar-refractivity contribution in [3.05, 3.63) is 57.4 Å². The van der Waals surface area contributed by atoms with Crippen LogP contribution in [-0.2, 0) is 12.8 Å². The summed E-state index contributed by atoms with van der Waals surface area (Å²) < 4.78 is 0. The number of hydrogen-bond donors (Lipinski definition) is 1. The number of hydrogen-bond acceptors (Lipinski definition) is 2. The van der Waals surface area contributed by atoms with Gasteiger partial charge in [-0.2, -0.15) is 0 Å². The Labute approximate surface area is 122 Å². The number of rotatable bonds is 0. The van der Waals surface area contributed by atoms with E-state index in [-0.39, 0.29) is 5.56 Å². The van der Waals surface area contributed by atoms with E-state index in [2.05, 4.69) is 35.1 Å². The largest absolute Gasteiger partial charge is 0.321 e. The summed E-state index contributed by atoms with van der Waals surface area (Å²) in [6.07, 6.45) is 2.11. The van der Waals surface area contributed by atoms with Gasteiger partial charge in [0.15, 0.2) is 0 Å². The summed E-state index contributed by atoms with van der Waals surface area (Å²) in [5.41, 5.74) is 5.22. The minimum Gasteiger partial charge on any atom is -0.321 e. The molecule has 1 aromatic heterocycles. The van der Waals surface area contributed by atoms with Crippen LogP contribution in [0.5, 0.6) is 0 Å². The minimum absolute atomic E-state index is 0.0296. The number of pyridine rings is 1. The molecule has 0 saturated carbocycles. The molecule has 1 aliphatic heterocycles. The van der Waals surface area contributed by atoms with Crippen LogP contribution in [0.15, 0.2) is 35.1 Å². The Morgan fingerprint density at radius 3 is 2.95 bits per heavy atom. The lowest BCUT2D eigenvalue weighted by Gasteiger charge is -2.38. The maximum absolute atomic E-state index is 12.3. The molecule has 0 spiro atoms. The molecule has 3 nitrogen and oxygen atoms in total. The van der Waals surface area contributed by atoms with E-state index in [0.29, 0.717) is 6.04 Å². The van der Waals surface area contributed by atoms with E-state index in [1.165, 1.54) is 27.5 Å². The third-order valence-electron chi connectivity index (χ3n) is 5.24. The Morgan fingerprint density at radius 1 is 1.14 bits per heavy atom. The molecule has 0 saturated heterocycles. The highest BCUT2D eigenvalue weighted by atomic mass is 16.1. The predicted molar refractivity (Wildman–Crippen MR) is 84.9 cm³/mol. The van der Waals surface area contributed by atoms with Gasteiger partial charge in [-0.05, 0) is 48.7 Å². The molecular weight excluding hydrogens is 260 g/mol. The van der Waals surface area contributed by atoms with Gasteiger partial charge in [-0.1, -0.05) is 18.2 Å². The zero-order valence-electron chi connectivity index (χ0n) is 11.9. The number of nitrogens with one attached hydrogen (secondary N) is 1. The van der Waals surface area contributed by atoms with Crippen LogP contribution in [-0.4, -0.2) is 23.5 Å². The molecule has 21 heavy (non-hydrogen) atoms. The van der Waals surface area contributed by atoms with Crippen molar-refractivity contribution < 1.29 is 0 Å². The van der Waals surface area contributed by atoms with Crippen molar-refractivity contribution >= 4 is 21.7 Å². The first-order valence-electron chi connectivity index (χ1n) is 7.53. The number of nitrogens with zero attached hydrogens (tertiary/aromatic N) is 1. The Hall–Kier alpha value is -2.13. The second kappa shape index (κ2) is 3.74. The highest BCUT2D eigenvalue weighted by Gasteiger charge is 2.32. The highest BCUT2D eigenvalue weighted by Crippen LogP contribution is 2.43. The molecule has 3 aromatic rings. The van der Waals surface area contributed by atoms with Gasteiger partial charge in [-0.3, -0.25) is 9.69 Å². The van der Waals surface area contributed by atoms with Crippen LogP contribution in [0.25, 0.3) is 21.7 Å². The van der Waals surface area contributed by atoms with Crippen LogP contribution in [0.2, 0.25) is 0 Å². The lowest BCUT2D eigenvalue weighted by molar-refractivity contribution is 0.230. The first-order chi connectivity index (χ1) is 10.2. The van der Waals surface area contributed by atoms with E-state index >= 15 is 0 Å². The Kier molecular flexibility index (Phi) is 2.05. The molecule has 0 bridgehead atoms. The van der Waals surface area contributed by atoms with Crippen LogP contribution >= 0.6 is 0 Å². The second-order valence-corrected chi connectivity index (χ2v) is 6.31. The van der Waals surface area contributed by atoms with Crippen molar-refractivity contribution in [1.82, 2.24) is 9.88 Å². The number of H-pyrrole nitrogens is 1. The van der Waals surface area contributed by atoms with Crippen molar-refractivity contribution in [2.45, 2.75) is 18.9 Å². The van der Waals surface area contributed by atoms with Crippen LogP contribution in [0.1, 0.15) is 22.7 Å². The molecule has 0 unspecified atom stereocenters. The third-order valence-corrected chi connectivity index (χ3v) is 5.24. The van der Waals surface area contributed by atoms with Gasteiger partial charge in [0.05, 0.1) is 0 Å². The van der Waals surface area contributed by atoms with Gasteiger partial charge in [-0.15, -0.1) is 0 Å². The summed E-state index contributed by atoms with van der Waals surface area (Å²) in [6.45, 7) is 1.11. The molecule has 2 aromatic carbocycles. The fourth-order valence-corrected chi connectivity index (χ4v) is 4.22. The number of aromatic nitrogens is 1. The molecule has 5 rings (SSSR count). The maximum atomic E-state index is 12.3. The van der Waals surface area contributed by atoms with Gasteiger partial charge in [0.25, 0.3) is 5.56 Å². The molecule has 2 aliphatic rings. The first kappa shape index (κ1) is 11.5. The number of benzene rings is 2. The molecule has 1 aliphatic carbocycles. The van der Waals surface area contributed by atoms with Crippen molar-refractivity contribution in [1.29, 1.82) is 0 Å². The van der Waals surface area contributed by atoms with Crippen molar-refractivity contribution in [3.63, 3.8) is 0 Å². The maximum Gasteiger partial charge on any atom is 0.256 e. The Balaban J connectivity index is 2.10. The fourth-order valence-electron chi connectivity index (χ4n) is 4.22. The van der Waals surface area contributed by atoms with Gasteiger partial charge in [0, 0.05) is 34.3 Å². The predicted octanol–water partition coefficient (Wildman–Crippen LogP) is 2.77. The quantitative estimate of drug-likeness (QED) is 0.641. The zero-order chi connectivity index (χ0) is 14.1. The van der Waals surface area contributed by atoms with Crippen molar-refractivity contribution in [2.24, 2.45) is 0 Å². The van der Waals surface area contributed by atoms with Gasteiger partial charge < -0.3 is 4.98 Å². The number of likely N-dealkylation sites (N-methyl/N-ethyl adjacent to an activating group) is 1. The van der Waals surface area contributed by atoms with Crippen LogP contribution < -0.4 is 5.56 Å². The molecule has 3 heteroatoms. The molecule has 1 N–H and O–H groups in total. The van der Waals surface area contributed by atoms with Crippen LogP contribution in [0.3, 0.4) is 0 Å². The van der Waals surface area contributed by atoms with Crippen molar-refractivity contribution in [3.8, 4) is 0 Å². The third kappa shape index (κ3) is 1.34. The normalized spacial score (nSPS) is 20.5. The lowest BCUT2D eigenvalue weighted by atomic mass is 9.79. The molecule has 104 valence electrons. The average Bonchev–Trinajstić information content (AvgIpc) is 2.51. The summed E-state index contributed by atoms with van der Waals surface area (Å²) in [5.74, 6) is 0. The van der Waals surface area contributed by atoms with Crippen LogP contribution in [0.4, 0.5) is 0 Å².